The molecule has 0 spiro atoms. The lowest BCUT2D eigenvalue weighted by Crippen LogP contribution is -2.24. The van der Waals surface area contributed by atoms with Crippen molar-refractivity contribution < 1.29 is 14.2 Å². The second-order valence-electron chi connectivity index (χ2n) is 5.03. The minimum atomic E-state index is 0.0169. The summed E-state index contributed by atoms with van der Waals surface area (Å²) < 4.78 is 16.7. The van der Waals surface area contributed by atoms with Crippen molar-refractivity contribution in [1.82, 2.24) is 0 Å². The largest absolute Gasteiger partial charge is 0.376 e. The van der Waals surface area contributed by atoms with Crippen LogP contribution in [-0.2, 0) is 14.2 Å². The molecule has 0 aromatic carbocycles. The molecule has 0 N–H and O–H groups in total. The van der Waals surface area contributed by atoms with E-state index in [4.69, 9.17) is 14.2 Å². The molecule has 3 unspecified atom stereocenters. The van der Waals surface area contributed by atoms with Gasteiger partial charge in [-0.1, -0.05) is 26.2 Å². The van der Waals surface area contributed by atoms with E-state index in [2.05, 4.69) is 20.8 Å². The van der Waals surface area contributed by atoms with E-state index in [1.807, 2.05) is 13.8 Å². The molecule has 0 aliphatic carbocycles. The van der Waals surface area contributed by atoms with E-state index >= 15 is 0 Å². The van der Waals surface area contributed by atoms with Crippen LogP contribution in [0.4, 0.5) is 0 Å². The van der Waals surface area contributed by atoms with Crippen LogP contribution in [0.25, 0.3) is 0 Å². The molecule has 3 atom stereocenters. The van der Waals surface area contributed by atoms with Crippen molar-refractivity contribution in [3.05, 3.63) is 6.92 Å². The van der Waals surface area contributed by atoms with Crippen LogP contribution in [0, 0.1) is 6.92 Å². The first-order valence-corrected chi connectivity index (χ1v) is 7.24. The quantitative estimate of drug-likeness (QED) is 0.501. The summed E-state index contributed by atoms with van der Waals surface area (Å²) in [6.07, 6.45) is 5.24. The van der Waals surface area contributed by atoms with Crippen LogP contribution in [0.3, 0.4) is 0 Å². The van der Waals surface area contributed by atoms with Crippen LogP contribution in [-0.4, -0.2) is 38.1 Å². The zero-order valence-electron chi connectivity index (χ0n) is 12.6. The van der Waals surface area contributed by atoms with Gasteiger partial charge in [0.15, 0.2) is 0 Å². The Morgan fingerprint density at radius 3 is 2.06 bits per heavy atom. The fourth-order valence-corrected chi connectivity index (χ4v) is 1.51. The molecule has 3 heteroatoms. The van der Waals surface area contributed by atoms with Crippen molar-refractivity contribution in [2.24, 2.45) is 0 Å². The maximum Gasteiger partial charge on any atom is 0.0781 e. The molecule has 1 radical (unpaired) electrons. The first-order valence-electron chi connectivity index (χ1n) is 7.24. The van der Waals surface area contributed by atoms with E-state index in [1.54, 1.807) is 0 Å². The van der Waals surface area contributed by atoms with Gasteiger partial charge in [-0.15, -0.1) is 0 Å². The van der Waals surface area contributed by atoms with Gasteiger partial charge in [-0.05, 0) is 34.1 Å². The van der Waals surface area contributed by atoms with Gasteiger partial charge in [-0.3, -0.25) is 0 Å². The molecule has 0 saturated heterocycles. The van der Waals surface area contributed by atoms with E-state index in [0.29, 0.717) is 13.2 Å². The van der Waals surface area contributed by atoms with Gasteiger partial charge in [0.25, 0.3) is 0 Å². The molecule has 0 fully saturated rings. The van der Waals surface area contributed by atoms with Crippen molar-refractivity contribution in [3.63, 3.8) is 0 Å². The highest BCUT2D eigenvalue weighted by Gasteiger charge is 2.08. The molecule has 0 aliphatic rings. The summed E-state index contributed by atoms with van der Waals surface area (Å²) in [4.78, 5) is 0. The molecular weight excluding hydrogens is 228 g/mol. The minimum absolute atomic E-state index is 0.0169. The van der Waals surface area contributed by atoms with Crippen LogP contribution in [0.5, 0.6) is 0 Å². The molecule has 0 heterocycles. The first-order chi connectivity index (χ1) is 8.56. The van der Waals surface area contributed by atoms with Gasteiger partial charge in [0.05, 0.1) is 31.5 Å². The molecule has 0 saturated carbocycles. The fraction of sp³-hybridized carbons (Fsp3) is 0.933. The van der Waals surface area contributed by atoms with Crippen LogP contribution < -0.4 is 0 Å². The molecule has 0 aliphatic heterocycles. The van der Waals surface area contributed by atoms with Crippen LogP contribution in [0.2, 0.25) is 0 Å². The summed E-state index contributed by atoms with van der Waals surface area (Å²) in [5, 5.41) is 0. The summed E-state index contributed by atoms with van der Waals surface area (Å²) in [6.45, 7) is 14.0. The molecule has 0 rings (SSSR count). The third kappa shape index (κ3) is 12.3. The second kappa shape index (κ2) is 11.9. The first kappa shape index (κ1) is 17.9. The fourth-order valence-electron chi connectivity index (χ4n) is 1.51. The summed E-state index contributed by atoms with van der Waals surface area (Å²) in [6, 6.07) is 0. The van der Waals surface area contributed by atoms with Crippen LogP contribution >= 0.6 is 0 Å². The van der Waals surface area contributed by atoms with Gasteiger partial charge < -0.3 is 14.2 Å². The third-order valence-corrected chi connectivity index (χ3v) is 2.63. The predicted molar refractivity (Wildman–Crippen MR) is 75.7 cm³/mol. The number of hydrogen-bond acceptors (Lipinski definition) is 3. The van der Waals surface area contributed by atoms with E-state index in [-0.39, 0.29) is 18.3 Å². The van der Waals surface area contributed by atoms with Crippen LogP contribution in [0.1, 0.15) is 53.4 Å². The van der Waals surface area contributed by atoms with Crippen molar-refractivity contribution in [3.8, 4) is 0 Å². The molecule has 0 bridgehead atoms. The second-order valence-corrected chi connectivity index (χ2v) is 5.03. The average Bonchev–Trinajstić information content (AvgIpc) is 2.33. The molecular formula is C15H31O3. The highest BCUT2D eigenvalue weighted by atomic mass is 16.6. The van der Waals surface area contributed by atoms with Crippen molar-refractivity contribution in [1.29, 1.82) is 0 Å². The molecule has 18 heavy (non-hydrogen) atoms. The number of ether oxygens (including phenoxy) is 3. The van der Waals surface area contributed by atoms with Gasteiger partial charge >= 0.3 is 0 Å². The summed E-state index contributed by atoms with van der Waals surface area (Å²) >= 11 is 0. The molecule has 0 aromatic heterocycles. The normalized spacial score (nSPS) is 15.0. The van der Waals surface area contributed by atoms with Gasteiger partial charge in [-0.2, -0.15) is 0 Å². The maximum atomic E-state index is 5.69. The zero-order valence-corrected chi connectivity index (χ0v) is 12.6. The monoisotopic (exact) mass is 259 g/mol. The Balaban J connectivity index is 3.37. The molecule has 0 aromatic rings. The number of unbranched alkanes of at least 4 members (excludes halogenated alkanes) is 3. The Labute approximate surface area is 113 Å². The molecule has 3 nitrogen and oxygen atoms in total. The molecule has 0 amide bonds. The standard InChI is InChI=1S/C15H31O3/c1-6-7-8-9-10-16-14(4)12-18-15(5)11-17-13(2)3/h13-15H,2,6-12H2,1,3-5H3. The zero-order chi connectivity index (χ0) is 13.8. The Hall–Kier alpha value is -0.120. The topological polar surface area (TPSA) is 27.7 Å². The SMILES string of the molecule is [CH2]C(C)OCC(C)OCC(C)OCCCCCC. The van der Waals surface area contributed by atoms with Crippen LogP contribution in [0.15, 0.2) is 0 Å². The lowest BCUT2D eigenvalue weighted by molar-refractivity contribution is -0.0631. The third-order valence-electron chi connectivity index (χ3n) is 2.63. The highest BCUT2D eigenvalue weighted by molar-refractivity contribution is 4.56. The lowest BCUT2D eigenvalue weighted by atomic mass is 10.2. The van der Waals surface area contributed by atoms with Gasteiger partial charge in [-0.25, -0.2) is 0 Å². The Bertz CT molecular complexity index is 171. The van der Waals surface area contributed by atoms with E-state index in [9.17, 15) is 0 Å². The Kier molecular flexibility index (Phi) is 11.9. The minimum Gasteiger partial charge on any atom is -0.376 e. The van der Waals surface area contributed by atoms with Gasteiger partial charge in [0.2, 0.25) is 0 Å². The Morgan fingerprint density at radius 1 is 0.833 bits per heavy atom. The van der Waals surface area contributed by atoms with E-state index in [0.717, 1.165) is 13.0 Å². The highest BCUT2D eigenvalue weighted by Crippen LogP contribution is 2.03. The summed E-state index contributed by atoms with van der Waals surface area (Å²) in [7, 11) is 0. The number of rotatable bonds is 12. The maximum absolute atomic E-state index is 5.69. The average molecular weight is 259 g/mol. The van der Waals surface area contributed by atoms with Crippen molar-refractivity contribution >= 4 is 0 Å². The number of hydrogen-bond donors (Lipinski definition) is 0. The Morgan fingerprint density at radius 2 is 1.44 bits per heavy atom. The smallest absolute Gasteiger partial charge is 0.0781 e. The van der Waals surface area contributed by atoms with Crippen molar-refractivity contribution in [2.45, 2.75) is 71.7 Å². The summed E-state index contributed by atoms with van der Waals surface area (Å²) in [5.74, 6) is 0. The van der Waals surface area contributed by atoms with Crippen molar-refractivity contribution in [2.75, 3.05) is 19.8 Å². The summed E-state index contributed by atoms with van der Waals surface area (Å²) in [5.41, 5.74) is 0. The predicted octanol–water partition coefficient (Wildman–Crippen LogP) is 3.62. The van der Waals surface area contributed by atoms with Gasteiger partial charge in [0.1, 0.15) is 0 Å². The lowest BCUT2D eigenvalue weighted by Gasteiger charge is -2.18. The van der Waals surface area contributed by atoms with E-state index < -0.39 is 0 Å². The van der Waals surface area contributed by atoms with E-state index in [1.165, 1.54) is 19.3 Å². The molecule has 109 valence electrons. The van der Waals surface area contributed by atoms with Gasteiger partial charge in [0, 0.05) is 6.61 Å².